The van der Waals surface area contributed by atoms with Crippen molar-refractivity contribution >= 4 is 17.7 Å². The number of carbonyl (C=O) groups excluding carboxylic acids is 2. The van der Waals surface area contributed by atoms with Crippen LogP contribution in [0.1, 0.15) is 27.2 Å². The molecule has 1 unspecified atom stereocenters. The molecule has 0 spiro atoms. The van der Waals surface area contributed by atoms with Gasteiger partial charge in [0.05, 0.1) is 6.61 Å². The van der Waals surface area contributed by atoms with E-state index in [-0.39, 0.29) is 30.3 Å². The van der Waals surface area contributed by atoms with E-state index in [0.717, 1.165) is 0 Å². The Hall–Kier alpha value is -1.65. The van der Waals surface area contributed by atoms with Crippen LogP contribution in [0.5, 0.6) is 0 Å². The second kappa shape index (κ2) is 6.76. The van der Waals surface area contributed by atoms with E-state index in [1.165, 1.54) is 19.9 Å². The predicted molar refractivity (Wildman–Crippen MR) is 56.8 cm³/mol. The van der Waals surface area contributed by atoms with Gasteiger partial charge in [-0.2, -0.15) is 0 Å². The predicted octanol–water partition coefficient (Wildman–Crippen LogP) is 1.18. The fraction of sp³-hybridized carbons (Fsp3) is 0.545. The Labute approximate surface area is 94.1 Å². The molecule has 0 saturated heterocycles. The lowest BCUT2D eigenvalue weighted by Crippen LogP contribution is -2.13. The van der Waals surface area contributed by atoms with Crippen molar-refractivity contribution in [1.29, 1.82) is 0 Å². The lowest BCUT2D eigenvalue weighted by Gasteiger charge is -2.08. The molecule has 1 atom stereocenters. The third-order valence-electron chi connectivity index (χ3n) is 1.77. The molecule has 1 N–H and O–H groups in total. The summed E-state index contributed by atoms with van der Waals surface area (Å²) < 4.78 is 4.80. The molecule has 0 amide bonds. The Morgan fingerprint density at radius 3 is 2.31 bits per heavy atom. The van der Waals surface area contributed by atoms with E-state index in [1.54, 1.807) is 6.92 Å². The van der Waals surface area contributed by atoms with Crippen LogP contribution in [-0.2, 0) is 19.1 Å². The van der Waals surface area contributed by atoms with Gasteiger partial charge in [-0.25, -0.2) is 4.79 Å². The zero-order valence-corrected chi connectivity index (χ0v) is 9.65. The normalized spacial score (nSPS) is 13.1. The second-order valence-corrected chi connectivity index (χ2v) is 3.69. The first-order valence-corrected chi connectivity index (χ1v) is 4.89. The number of Topliss-reactive ketones (excluding diaryl/α,β-unsaturated/α-hetero) is 1. The Morgan fingerprint density at radius 2 is 1.88 bits per heavy atom. The highest BCUT2D eigenvalue weighted by Gasteiger charge is 2.09. The van der Waals surface area contributed by atoms with Crippen molar-refractivity contribution in [3.05, 3.63) is 11.6 Å². The third kappa shape index (κ3) is 6.75. The average Bonchev–Trinajstić information content (AvgIpc) is 2.13. The second-order valence-electron chi connectivity index (χ2n) is 3.69. The van der Waals surface area contributed by atoms with Gasteiger partial charge in [0, 0.05) is 11.5 Å². The maximum absolute atomic E-state index is 11.0. The standard InChI is InChI=1S/C11H16O5/c1-7(4-8(2)11(14)15)6-16-10(13)5-9(3)12/h4,7H,5-6H2,1-3H3,(H,14,15). The van der Waals surface area contributed by atoms with Crippen molar-refractivity contribution in [1.82, 2.24) is 0 Å². The summed E-state index contributed by atoms with van der Waals surface area (Å²) >= 11 is 0. The SMILES string of the molecule is CC(=O)CC(=O)OCC(C)C=C(C)C(=O)O. The van der Waals surface area contributed by atoms with Crippen molar-refractivity contribution in [3.63, 3.8) is 0 Å². The van der Waals surface area contributed by atoms with Crippen LogP contribution >= 0.6 is 0 Å². The molecule has 0 saturated carbocycles. The molecule has 0 aromatic carbocycles. The van der Waals surface area contributed by atoms with Crippen molar-refractivity contribution in [2.24, 2.45) is 5.92 Å². The van der Waals surface area contributed by atoms with Crippen LogP contribution in [0, 0.1) is 5.92 Å². The van der Waals surface area contributed by atoms with Gasteiger partial charge < -0.3 is 9.84 Å². The first-order chi connectivity index (χ1) is 7.32. The van der Waals surface area contributed by atoms with Crippen molar-refractivity contribution in [2.75, 3.05) is 6.61 Å². The Bertz CT molecular complexity index is 316. The summed E-state index contributed by atoms with van der Waals surface area (Å²) in [5.41, 5.74) is 0.204. The van der Waals surface area contributed by atoms with Gasteiger partial charge in [-0.05, 0) is 13.8 Å². The smallest absolute Gasteiger partial charge is 0.330 e. The molecular weight excluding hydrogens is 212 g/mol. The summed E-state index contributed by atoms with van der Waals surface area (Å²) in [5.74, 6) is -2.02. The molecule has 0 rings (SSSR count). The largest absolute Gasteiger partial charge is 0.478 e. The van der Waals surface area contributed by atoms with Gasteiger partial charge in [-0.1, -0.05) is 13.0 Å². The minimum absolute atomic E-state index is 0.0801. The van der Waals surface area contributed by atoms with Crippen LogP contribution in [0.4, 0.5) is 0 Å². The van der Waals surface area contributed by atoms with Crippen LogP contribution in [0.3, 0.4) is 0 Å². The fourth-order valence-corrected chi connectivity index (χ4v) is 1.02. The van der Waals surface area contributed by atoms with Gasteiger partial charge in [0.15, 0.2) is 0 Å². The molecule has 0 aliphatic rings. The number of hydrogen-bond donors (Lipinski definition) is 1. The molecule has 0 radical (unpaired) electrons. The zero-order valence-electron chi connectivity index (χ0n) is 9.65. The number of ketones is 1. The van der Waals surface area contributed by atoms with Gasteiger partial charge in [-0.3, -0.25) is 9.59 Å². The quantitative estimate of drug-likeness (QED) is 0.419. The van der Waals surface area contributed by atoms with E-state index in [4.69, 9.17) is 9.84 Å². The maximum Gasteiger partial charge on any atom is 0.330 e. The van der Waals surface area contributed by atoms with E-state index < -0.39 is 11.9 Å². The number of hydrogen-bond acceptors (Lipinski definition) is 4. The van der Waals surface area contributed by atoms with E-state index in [0.29, 0.717) is 0 Å². The Balaban J connectivity index is 4.03. The highest BCUT2D eigenvalue weighted by atomic mass is 16.5. The fourth-order valence-electron chi connectivity index (χ4n) is 1.02. The maximum atomic E-state index is 11.0. The molecular formula is C11H16O5. The van der Waals surface area contributed by atoms with Crippen LogP contribution in [0.2, 0.25) is 0 Å². The molecule has 0 aromatic rings. The molecule has 0 fully saturated rings. The Kier molecular flexibility index (Phi) is 6.07. The summed E-state index contributed by atoms with van der Waals surface area (Å²) in [5, 5.41) is 8.61. The number of ether oxygens (including phenoxy) is 1. The topological polar surface area (TPSA) is 80.7 Å². The summed E-state index contributed by atoms with van der Waals surface area (Å²) in [6, 6.07) is 0. The minimum Gasteiger partial charge on any atom is -0.478 e. The highest BCUT2D eigenvalue weighted by Crippen LogP contribution is 2.04. The van der Waals surface area contributed by atoms with E-state index in [2.05, 4.69) is 0 Å². The molecule has 0 aliphatic heterocycles. The minimum atomic E-state index is -0.998. The number of esters is 1. The summed E-state index contributed by atoms with van der Waals surface area (Å²) in [6.45, 7) is 4.58. The molecule has 90 valence electrons. The monoisotopic (exact) mass is 228 g/mol. The molecule has 5 heteroatoms. The summed E-state index contributed by atoms with van der Waals surface area (Å²) in [7, 11) is 0. The summed E-state index contributed by atoms with van der Waals surface area (Å²) in [6.07, 6.45) is 1.26. The van der Waals surface area contributed by atoms with E-state index >= 15 is 0 Å². The van der Waals surface area contributed by atoms with Crippen LogP contribution in [0.15, 0.2) is 11.6 Å². The Morgan fingerprint density at radius 1 is 1.31 bits per heavy atom. The number of carbonyl (C=O) groups is 3. The van der Waals surface area contributed by atoms with Crippen molar-refractivity contribution < 1.29 is 24.2 Å². The van der Waals surface area contributed by atoms with E-state index in [1.807, 2.05) is 0 Å². The van der Waals surface area contributed by atoms with Crippen LogP contribution in [-0.4, -0.2) is 29.4 Å². The molecule has 0 aliphatic carbocycles. The summed E-state index contributed by atoms with van der Waals surface area (Å²) in [4.78, 5) is 32.1. The van der Waals surface area contributed by atoms with Crippen molar-refractivity contribution in [2.45, 2.75) is 27.2 Å². The lowest BCUT2D eigenvalue weighted by atomic mass is 10.1. The van der Waals surface area contributed by atoms with Gasteiger partial charge >= 0.3 is 11.9 Å². The van der Waals surface area contributed by atoms with Crippen LogP contribution < -0.4 is 0 Å². The van der Waals surface area contributed by atoms with Gasteiger partial charge in [0.1, 0.15) is 12.2 Å². The van der Waals surface area contributed by atoms with Gasteiger partial charge in [-0.15, -0.1) is 0 Å². The third-order valence-corrected chi connectivity index (χ3v) is 1.77. The number of rotatable bonds is 6. The van der Waals surface area contributed by atoms with Crippen LogP contribution in [0.25, 0.3) is 0 Å². The van der Waals surface area contributed by atoms with Crippen molar-refractivity contribution in [3.8, 4) is 0 Å². The molecule has 0 aromatic heterocycles. The first kappa shape index (κ1) is 14.3. The molecule has 16 heavy (non-hydrogen) atoms. The number of carboxylic acid groups (broad SMARTS) is 1. The van der Waals surface area contributed by atoms with Gasteiger partial charge in [0.25, 0.3) is 0 Å². The number of carboxylic acids is 1. The molecule has 0 heterocycles. The number of aliphatic carboxylic acids is 1. The first-order valence-electron chi connectivity index (χ1n) is 4.89. The zero-order chi connectivity index (χ0) is 12.7. The molecule has 0 bridgehead atoms. The molecule has 5 nitrogen and oxygen atoms in total. The highest BCUT2D eigenvalue weighted by molar-refractivity contribution is 5.94. The van der Waals surface area contributed by atoms with Gasteiger partial charge in [0.2, 0.25) is 0 Å². The van der Waals surface area contributed by atoms with E-state index in [9.17, 15) is 14.4 Å². The average molecular weight is 228 g/mol. The lowest BCUT2D eigenvalue weighted by molar-refractivity contribution is -0.146.